The Bertz CT molecular complexity index is 667. The molecule has 0 unspecified atom stereocenters. The van der Waals surface area contributed by atoms with Crippen molar-refractivity contribution in [2.24, 2.45) is 0 Å². The summed E-state index contributed by atoms with van der Waals surface area (Å²) in [5, 5.41) is 12.2. The van der Waals surface area contributed by atoms with Crippen LogP contribution in [0.5, 0.6) is 0 Å². The van der Waals surface area contributed by atoms with Crippen LogP contribution >= 0.6 is 0 Å². The number of benzene rings is 1. The molecule has 0 radical (unpaired) electrons. The highest BCUT2D eigenvalue weighted by molar-refractivity contribution is 6.08. The maximum absolute atomic E-state index is 11.9. The largest absolute Gasteiger partial charge is 0.480 e. The van der Waals surface area contributed by atoms with Gasteiger partial charge in [0.05, 0.1) is 0 Å². The minimum absolute atomic E-state index is 0.184. The molecule has 2 rings (SSSR count). The molecule has 0 aliphatic carbocycles. The number of pyridine rings is 1. The number of nitrogens with one attached hydrogen (secondary N) is 1. The number of rotatable bonds is 3. The first-order chi connectivity index (χ1) is 8.99. The lowest BCUT2D eigenvalue weighted by atomic mass is 10.1. The highest BCUT2D eigenvalue weighted by atomic mass is 16.4. The molecule has 0 spiro atoms. The molecule has 2 aromatic rings. The van der Waals surface area contributed by atoms with Gasteiger partial charge in [-0.15, -0.1) is 0 Å². The molecule has 4 N–H and O–H groups in total. The van der Waals surface area contributed by atoms with Crippen LogP contribution in [-0.2, 0) is 4.79 Å². The molecule has 1 aromatic carbocycles. The Labute approximate surface area is 109 Å². The van der Waals surface area contributed by atoms with E-state index >= 15 is 0 Å². The van der Waals surface area contributed by atoms with E-state index in [1.807, 2.05) is 0 Å². The van der Waals surface area contributed by atoms with Gasteiger partial charge in [0.2, 0.25) is 0 Å². The van der Waals surface area contributed by atoms with E-state index in [1.54, 1.807) is 31.2 Å². The monoisotopic (exact) mass is 259 g/mol. The van der Waals surface area contributed by atoms with Crippen LogP contribution in [-0.4, -0.2) is 28.5 Å². The van der Waals surface area contributed by atoms with Crippen LogP contribution < -0.4 is 11.1 Å². The normalized spacial score (nSPS) is 10.4. The number of anilines is 1. The Hall–Kier alpha value is -2.63. The number of aryl methyl sites for hydroxylation is 1. The van der Waals surface area contributed by atoms with Gasteiger partial charge >= 0.3 is 5.97 Å². The number of carboxylic acids is 1. The lowest BCUT2D eigenvalue weighted by molar-refractivity contribution is -0.135. The van der Waals surface area contributed by atoms with Crippen molar-refractivity contribution in [3.8, 4) is 0 Å². The van der Waals surface area contributed by atoms with Crippen LogP contribution in [0.3, 0.4) is 0 Å². The maximum Gasteiger partial charge on any atom is 0.322 e. The summed E-state index contributed by atoms with van der Waals surface area (Å²) in [6, 6.07) is 6.98. The number of aliphatic carboxylic acids is 1. The lowest BCUT2D eigenvalue weighted by Gasteiger charge is -2.09. The number of fused-ring (bicyclic) bond motifs is 1. The summed E-state index contributed by atoms with van der Waals surface area (Å²) in [5.41, 5.74) is 7.24. The highest BCUT2D eigenvalue weighted by Crippen LogP contribution is 2.23. The van der Waals surface area contributed by atoms with Crippen molar-refractivity contribution in [2.45, 2.75) is 6.92 Å². The lowest BCUT2D eigenvalue weighted by Crippen LogP contribution is -2.30. The Kier molecular flexibility index (Phi) is 3.33. The molecule has 0 saturated carbocycles. The number of nitrogens with two attached hydrogens (primary N) is 1. The standard InChI is InChI=1S/C13H13N3O3/c1-7-5-9-8(3-2-4-10(9)14)12(16-7)13(19)15-6-11(17)18/h2-5H,6,14H2,1H3,(H,15,19)(H,17,18). The van der Waals surface area contributed by atoms with E-state index in [4.69, 9.17) is 10.8 Å². The Morgan fingerprint density at radius 2 is 2.11 bits per heavy atom. The first kappa shape index (κ1) is 12.8. The molecule has 98 valence electrons. The third kappa shape index (κ3) is 2.62. The van der Waals surface area contributed by atoms with E-state index in [0.29, 0.717) is 16.8 Å². The van der Waals surface area contributed by atoms with Crippen molar-refractivity contribution in [2.75, 3.05) is 12.3 Å². The Balaban J connectivity index is 2.50. The fourth-order valence-electron chi connectivity index (χ4n) is 1.84. The van der Waals surface area contributed by atoms with Gasteiger partial charge in [0.25, 0.3) is 5.91 Å². The molecule has 1 amide bonds. The molecule has 6 nitrogen and oxygen atoms in total. The van der Waals surface area contributed by atoms with Gasteiger partial charge < -0.3 is 16.2 Å². The zero-order chi connectivity index (χ0) is 14.0. The first-order valence-corrected chi connectivity index (χ1v) is 5.65. The Morgan fingerprint density at radius 3 is 2.79 bits per heavy atom. The van der Waals surface area contributed by atoms with Gasteiger partial charge in [-0.25, -0.2) is 4.98 Å². The maximum atomic E-state index is 11.9. The van der Waals surface area contributed by atoms with E-state index in [1.165, 1.54) is 0 Å². The van der Waals surface area contributed by atoms with Crippen molar-refractivity contribution in [1.82, 2.24) is 10.3 Å². The predicted octanol–water partition coefficient (Wildman–Crippen LogP) is 0.940. The molecule has 1 heterocycles. The van der Waals surface area contributed by atoms with Crippen molar-refractivity contribution < 1.29 is 14.7 Å². The van der Waals surface area contributed by atoms with Gasteiger partial charge in [-0.05, 0) is 19.1 Å². The predicted molar refractivity (Wildman–Crippen MR) is 70.9 cm³/mol. The summed E-state index contributed by atoms with van der Waals surface area (Å²) >= 11 is 0. The van der Waals surface area contributed by atoms with Crippen LogP contribution in [0.25, 0.3) is 10.8 Å². The number of hydrogen-bond donors (Lipinski definition) is 3. The van der Waals surface area contributed by atoms with Crippen LogP contribution in [0.15, 0.2) is 24.3 Å². The van der Waals surface area contributed by atoms with E-state index in [2.05, 4.69) is 10.3 Å². The van der Waals surface area contributed by atoms with Crippen molar-refractivity contribution >= 4 is 28.3 Å². The van der Waals surface area contributed by atoms with Gasteiger partial charge in [0.15, 0.2) is 0 Å². The van der Waals surface area contributed by atoms with Crippen LogP contribution in [0.1, 0.15) is 16.2 Å². The molecule has 6 heteroatoms. The minimum Gasteiger partial charge on any atom is -0.480 e. The second kappa shape index (κ2) is 4.93. The average Bonchev–Trinajstić information content (AvgIpc) is 2.36. The van der Waals surface area contributed by atoms with E-state index < -0.39 is 18.4 Å². The van der Waals surface area contributed by atoms with Gasteiger partial charge in [-0.1, -0.05) is 12.1 Å². The molecule has 0 saturated heterocycles. The Morgan fingerprint density at radius 1 is 1.37 bits per heavy atom. The third-order valence-electron chi connectivity index (χ3n) is 2.65. The summed E-state index contributed by atoms with van der Waals surface area (Å²) in [4.78, 5) is 26.6. The SMILES string of the molecule is Cc1cc2c(N)cccc2c(C(=O)NCC(=O)O)n1. The molecular weight excluding hydrogens is 246 g/mol. The minimum atomic E-state index is -1.11. The molecule has 19 heavy (non-hydrogen) atoms. The summed E-state index contributed by atoms with van der Waals surface area (Å²) in [6.45, 7) is 1.30. The smallest absolute Gasteiger partial charge is 0.322 e. The zero-order valence-electron chi connectivity index (χ0n) is 10.3. The van der Waals surface area contributed by atoms with E-state index in [0.717, 1.165) is 5.39 Å². The summed E-state index contributed by atoms with van der Waals surface area (Å²) in [6.07, 6.45) is 0. The number of carboxylic acid groups (broad SMARTS) is 1. The zero-order valence-corrected chi connectivity index (χ0v) is 10.3. The van der Waals surface area contributed by atoms with Gasteiger partial charge in [-0.3, -0.25) is 9.59 Å². The van der Waals surface area contributed by atoms with Crippen LogP contribution in [0, 0.1) is 6.92 Å². The fourth-order valence-corrected chi connectivity index (χ4v) is 1.84. The molecule has 0 aliphatic heterocycles. The quantitative estimate of drug-likeness (QED) is 0.711. The van der Waals surface area contributed by atoms with Crippen molar-refractivity contribution in [3.05, 3.63) is 35.7 Å². The second-order valence-corrected chi connectivity index (χ2v) is 4.13. The van der Waals surface area contributed by atoms with E-state index in [9.17, 15) is 9.59 Å². The molecule has 0 aliphatic rings. The van der Waals surface area contributed by atoms with Crippen LogP contribution in [0.4, 0.5) is 5.69 Å². The van der Waals surface area contributed by atoms with Gasteiger partial charge in [-0.2, -0.15) is 0 Å². The number of aromatic nitrogens is 1. The molecule has 0 bridgehead atoms. The number of carbonyl (C=O) groups excluding carboxylic acids is 1. The molecule has 0 fully saturated rings. The first-order valence-electron chi connectivity index (χ1n) is 5.65. The third-order valence-corrected chi connectivity index (χ3v) is 2.65. The van der Waals surface area contributed by atoms with E-state index in [-0.39, 0.29) is 5.69 Å². The molecular formula is C13H13N3O3. The number of carbonyl (C=O) groups is 2. The van der Waals surface area contributed by atoms with Gasteiger partial charge in [0.1, 0.15) is 12.2 Å². The van der Waals surface area contributed by atoms with Gasteiger partial charge in [0, 0.05) is 22.2 Å². The molecule has 1 aromatic heterocycles. The summed E-state index contributed by atoms with van der Waals surface area (Å²) in [5.74, 6) is -1.63. The average molecular weight is 259 g/mol. The molecule has 0 atom stereocenters. The number of amides is 1. The highest BCUT2D eigenvalue weighted by Gasteiger charge is 2.14. The fraction of sp³-hybridized carbons (Fsp3) is 0.154. The number of nitrogen functional groups attached to an aromatic ring is 1. The topological polar surface area (TPSA) is 105 Å². The van der Waals surface area contributed by atoms with Crippen LogP contribution in [0.2, 0.25) is 0 Å². The van der Waals surface area contributed by atoms with Crippen molar-refractivity contribution in [3.63, 3.8) is 0 Å². The summed E-state index contributed by atoms with van der Waals surface area (Å²) < 4.78 is 0. The van der Waals surface area contributed by atoms with Crippen molar-refractivity contribution in [1.29, 1.82) is 0 Å². The number of hydrogen-bond acceptors (Lipinski definition) is 4. The second-order valence-electron chi connectivity index (χ2n) is 4.13. The summed E-state index contributed by atoms with van der Waals surface area (Å²) in [7, 11) is 0. The number of nitrogens with zero attached hydrogens (tertiary/aromatic N) is 1.